The van der Waals surface area contributed by atoms with E-state index in [1.54, 1.807) is 6.92 Å². The Hall–Kier alpha value is -4.64. The summed E-state index contributed by atoms with van der Waals surface area (Å²) in [4.78, 5) is 78.0. The van der Waals surface area contributed by atoms with E-state index in [2.05, 4.69) is 6.58 Å². The minimum Gasteiger partial charge on any atom is -0.479 e. The fraction of sp³-hybridized carbons (Fsp3) is 0.610. The molecule has 1 aromatic carbocycles. The number of benzene rings is 1. The lowest BCUT2D eigenvalue weighted by Crippen LogP contribution is -2.78. The molecular formula is C41H56O16. The number of aliphatic hydroxyl groups excluding tert-OH is 1. The van der Waals surface area contributed by atoms with Crippen molar-refractivity contribution >= 4 is 35.8 Å². The van der Waals surface area contributed by atoms with Crippen LogP contribution in [0.25, 0.3) is 0 Å². The van der Waals surface area contributed by atoms with Crippen molar-refractivity contribution in [3.63, 3.8) is 0 Å². The molecule has 16 heteroatoms. The largest absolute Gasteiger partial charge is 0.479 e. The summed E-state index contributed by atoms with van der Waals surface area (Å²) in [6.45, 7) is 16.2. The van der Waals surface area contributed by atoms with E-state index in [9.17, 15) is 49.2 Å². The molecule has 0 radical (unpaired) electrons. The third-order valence-corrected chi connectivity index (χ3v) is 10.3. The highest BCUT2D eigenvalue weighted by molar-refractivity contribution is 5.99. The Morgan fingerprint density at radius 3 is 2.19 bits per heavy atom. The standard InChI is InChI=1S/C41H56O16/c1-10-23(2)20-24(3)16-17-29(43)55-32-31(44)39(19-18-25(4)30(54-27(6)42)26(5)21-28-14-12-11-13-15-28)56-33(34(45)46)40(51,41(32,57-39)35(47)48)37(50)53-22-52-36(49)38(7,8)9/h11-17,23-24,26,30-33,44,51H,4,10,18-22H2,1-3,5-9H3,(H,45,46)(H,47,48)/b17-16+/t23-,24+,26+,30+,31+,32+,33?,39?,40?,41?/m0/s1. The molecule has 4 unspecified atom stereocenters. The van der Waals surface area contributed by atoms with E-state index in [0.717, 1.165) is 18.1 Å². The number of fused-ring (bicyclic) bond motifs is 2. The average Bonchev–Trinajstić information content (AvgIpc) is 3.35. The van der Waals surface area contributed by atoms with Crippen molar-refractivity contribution in [2.24, 2.45) is 23.2 Å². The van der Waals surface area contributed by atoms with Crippen LogP contribution in [0.2, 0.25) is 0 Å². The highest BCUT2D eigenvalue weighted by Gasteiger charge is 2.86. The Kier molecular flexibility index (Phi) is 15.4. The number of esters is 4. The maximum absolute atomic E-state index is 13.8. The van der Waals surface area contributed by atoms with Gasteiger partial charge in [-0.05, 0) is 63.0 Å². The van der Waals surface area contributed by atoms with Crippen LogP contribution in [0.5, 0.6) is 0 Å². The van der Waals surface area contributed by atoms with Crippen molar-refractivity contribution in [2.75, 3.05) is 6.79 Å². The highest BCUT2D eigenvalue weighted by Crippen LogP contribution is 2.56. The number of aliphatic hydroxyl groups is 2. The Morgan fingerprint density at radius 2 is 1.65 bits per heavy atom. The van der Waals surface area contributed by atoms with Gasteiger partial charge in [0.25, 0.3) is 0 Å². The lowest BCUT2D eigenvalue weighted by molar-refractivity contribution is -0.375. The first kappa shape index (κ1) is 46.7. The maximum Gasteiger partial charge on any atom is 0.348 e. The molecular weight excluding hydrogens is 748 g/mol. The van der Waals surface area contributed by atoms with Gasteiger partial charge in [-0.3, -0.25) is 9.59 Å². The second kappa shape index (κ2) is 18.7. The van der Waals surface area contributed by atoms with Crippen LogP contribution in [0.4, 0.5) is 0 Å². The first-order valence-corrected chi connectivity index (χ1v) is 18.8. The van der Waals surface area contributed by atoms with Crippen LogP contribution in [0.3, 0.4) is 0 Å². The average molecular weight is 805 g/mol. The number of carbonyl (C=O) groups excluding carboxylic acids is 4. The van der Waals surface area contributed by atoms with E-state index < -0.39 is 95.8 Å². The smallest absolute Gasteiger partial charge is 0.348 e. The molecule has 2 fully saturated rings. The van der Waals surface area contributed by atoms with Crippen molar-refractivity contribution < 1.29 is 77.6 Å². The molecule has 0 aromatic heterocycles. The van der Waals surface area contributed by atoms with Gasteiger partial charge in [-0.1, -0.05) is 77.1 Å². The van der Waals surface area contributed by atoms with Crippen molar-refractivity contribution in [3.05, 3.63) is 60.2 Å². The van der Waals surface area contributed by atoms with Gasteiger partial charge in [-0.15, -0.1) is 0 Å². The Balaban J connectivity index is 2.09. The van der Waals surface area contributed by atoms with Gasteiger partial charge in [0.2, 0.25) is 29.9 Å². The molecule has 0 aliphatic carbocycles. The zero-order valence-electron chi connectivity index (χ0n) is 33.7. The molecule has 3 rings (SSSR count). The summed E-state index contributed by atoms with van der Waals surface area (Å²) in [5.74, 6) is -12.0. The molecule has 2 bridgehead atoms. The van der Waals surface area contributed by atoms with Crippen LogP contribution in [0, 0.1) is 23.2 Å². The number of rotatable bonds is 19. The van der Waals surface area contributed by atoms with Gasteiger partial charge >= 0.3 is 35.8 Å². The summed E-state index contributed by atoms with van der Waals surface area (Å²) in [5, 5.41) is 45.2. The second-order valence-corrected chi connectivity index (χ2v) is 16.0. The van der Waals surface area contributed by atoms with E-state index in [0.29, 0.717) is 18.8 Å². The molecule has 2 saturated heterocycles. The number of hydrogen-bond donors (Lipinski definition) is 4. The van der Waals surface area contributed by atoms with Crippen LogP contribution < -0.4 is 0 Å². The van der Waals surface area contributed by atoms with Gasteiger partial charge in [0.15, 0.2) is 6.10 Å². The van der Waals surface area contributed by atoms with Gasteiger partial charge in [0.1, 0.15) is 12.2 Å². The Labute approximate surface area is 332 Å². The van der Waals surface area contributed by atoms with Crippen LogP contribution in [0.15, 0.2) is 54.6 Å². The van der Waals surface area contributed by atoms with Crippen molar-refractivity contribution in [1.29, 1.82) is 0 Å². The van der Waals surface area contributed by atoms with Crippen molar-refractivity contribution in [2.45, 2.75) is 129 Å². The Morgan fingerprint density at radius 1 is 1.02 bits per heavy atom. The van der Waals surface area contributed by atoms with Crippen LogP contribution in [0.1, 0.15) is 86.6 Å². The quantitative estimate of drug-likeness (QED) is 0.0510. The fourth-order valence-electron chi connectivity index (χ4n) is 7.03. The maximum atomic E-state index is 13.8. The normalized spacial score (nSPS) is 27.7. The highest BCUT2D eigenvalue weighted by atomic mass is 16.8. The summed E-state index contributed by atoms with van der Waals surface area (Å²) in [6, 6.07) is 9.27. The molecule has 2 heterocycles. The predicted molar refractivity (Wildman–Crippen MR) is 200 cm³/mol. The van der Waals surface area contributed by atoms with Crippen molar-refractivity contribution in [3.8, 4) is 0 Å². The van der Waals surface area contributed by atoms with Crippen LogP contribution in [-0.4, -0.2) is 104 Å². The number of allylic oxidation sites excluding steroid dienone is 1. The number of ether oxygens (including phenoxy) is 6. The van der Waals surface area contributed by atoms with E-state index in [1.165, 1.54) is 33.8 Å². The zero-order chi connectivity index (χ0) is 43.1. The van der Waals surface area contributed by atoms with Crippen LogP contribution in [-0.2, 0) is 63.6 Å². The minimum absolute atomic E-state index is 0.154. The summed E-state index contributed by atoms with van der Waals surface area (Å²) < 4.78 is 32.5. The van der Waals surface area contributed by atoms with Crippen molar-refractivity contribution in [1.82, 2.24) is 0 Å². The lowest BCUT2D eigenvalue weighted by Gasteiger charge is -2.49. The number of carboxylic acid groups (broad SMARTS) is 2. The first-order chi connectivity index (χ1) is 26.5. The van der Waals surface area contributed by atoms with E-state index in [1.807, 2.05) is 51.1 Å². The molecule has 0 saturated carbocycles. The molecule has 316 valence electrons. The van der Waals surface area contributed by atoms with Crippen LogP contribution >= 0.6 is 0 Å². The van der Waals surface area contributed by atoms with Gasteiger partial charge in [0, 0.05) is 25.3 Å². The molecule has 2 aliphatic heterocycles. The SMILES string of the molecule is C=C(CCC12OC(C(=O)O)C(O)(C(=O)OCOC(=O)C(C)(C)C)C(C(=O)O)(O1)[C@H](OC(=O)/C=C/[C@@H](C)C[C@@H](C)CC)[C@H]2O)[C@@H](OC(C)=O)[C@H](C)Cc1ccccc1. The first-order valence-electron chi connectivity index (χ1n) is 18.8. The second-order valence-electron chi connectivity index (χ2n) is 16.0. The van der Waals surface area contributed by atoms with Gasteiger partial charge < -0.3 is 48.8 Å². The molecule has 0 spiro atoms. The zero-order valence-corrected chi connectivity index (χ0v) is 33.7. The predicted octanol–water partition coefficient (Wildman–Crippen LogP) is 3.89. The molecule has 2 aliphatic rings. The molecule has 10 atom stereocenters. The summed E-state index contributed by atoms with van der Waals surface area (Å²) >= 11 is 0. The Bertz CT molecular complexity index is 1680. The molecule has 0 amide bonds. The minimum atomic E-state index is -3.89. The van der Waals surface area contributed by atoms with E-state index in [-0.39, 0.29) is 23.8 Å². The monoisotopic (exact) mass is 804 g/mol. The number of aliphatic carboxylic acids is 2. The lowest BCUT2D eigenvalue weighted by atomic mass is 9.74. The third-order valence-electron chi connectivity index (χ3n) is 10.3. The van der Waals surface area contributed by atoms with Gasteiger partial charge in [-0.25, -0.2) is 19.2 Å². The summed E-state index contributed by atoms with van der Waals surface area (Å²) in [7, 11) is 0. The molecule has 57 heavy (non-hydrogen) atoms. The third kappa shape index (κ3) is 10.3. The molecule has 1 aromatic rings. The molecule has 4 N–H and O–H groups in total. The number of carbonyl (C=O) groups is 6. The molecule has 16 nitrogen and oxygen atoms in total. The number of carboxylic acids is 2. The summed E-state index contributed by atoms with van der Waals surface area (Å²) in [6.07, 6.45) is -5.09. The fourth-order valence-corrected chi connectivity index (χ4v) is 7.03. The van der Waals surface area contributed by atoms with Gasteiger partial charge in [-0.2, -0.15) is 0 Å². The topological polar surface area (TPSA) is 239 Å². The summed E-state index contributed by atoms with van der Waals surface area (Å²) in [5.41, 5.74) is -7.42. The van der Waals surface area contributed by atoms with E-state index >= 15 is 0 Å². The number of hydrogen-bond acceptors (Lipinski definition) is 14. The van der Waals surface area contributed by atoms with E-state index in [4.69, 9.17) is 28.4 Å². The van der Waals surface area contributed by atoms with Gasteiger partial charge in [0.05, 0.1) is 5.41 Å².